The highest BCUT2D eigenvalue weighted by atomic mass is 15.0. The molecule has 1 heterocycles. The summed E-state index contributed by atoms with van der Waals surface area (Å²) in [7, 11) is 0. The van der Waals surface area contributed by atoms with Gasteiger partial charge >= 0.3 is 0 Å². The highest BCUT2D eigenvalue weighted by Gasteiger charge is 2.19. The van der Waals surface area contributed by atoms with Gasteiger partial charge in [-0.25, -0.2) is 15.0 Å². The third-order valence-corrected chi connectivity index (χ3v) is 9.54. The fourth-order valence-electron chi connectivity index (χ4n) is 7.07. The van der Waals surface area contributed by atoms with Crippen molar-refractivity contribution >= 4 is 21.5 Å². The molecule has 0 aliphatic rings. The Labute approximate surface area is 302 Å². The summed E-state index contributed by atoms with van der Waals surface area (Å²) in [6.07, 6.45) is 0. The van der Waals surface area contributed by atoms with Crippen LogP contribution in [0.5, 0.6) is 0 Å². The van der Waals surface area contributed by atoms with Crippen molar-refractivity contribution < 1.29 is 0 Å². The zero-order chi connectivity index (χ0) is 34.9. The van der Waals surface area contributed by atoms with E-state index in [1.807, 2.05) is 84.9 Å². The molecule has 0 aliphatic heterocycles. The van der Waals surface area contributed by atoms with Gasteiger partial charge in [-0.1, -0.05) is 164 Å². The fraction of sp³-hybridized carbons (Fsp3) is 0. The molecule has 0 amide bonds. The summed E-state index contributed by atoms with van der Waals surface area (Å²) in [5, 5.41) is 14.5. The van der Waals surface area contributed by atoms with Crippen LogP contribution in [0, 0.1) is 11.3 Å². The normalized spacial score (nSPS) is 11.1. The first-order valence-corrected chi connectivity index (χ1v) is 17.3. The number of hydrogen-bond acceptors (Lipinski definition) is 4. The van der Waals surface area contributed by atoms with Crippen LogP contribution in [0.25, 0.3) is 89.1 Å². The lowest BCUT2D eigenvalue weighted by atomic mass is 9.84. The van der Waals surface area contributed by atoms with E-state index >= 15 is 0 Å². The molecule has 0 aliphatic carbocycles. The zero-order valence-corrected chi connectivity index (χ0v) is 28.1. The second-order valence-electron chi connectivity index (χ2n) is 12.7. The second kappa shape index (κ2) is 13.2. The monoisotopic (exact) mass is 662 g/mol. The molecule has 242 valence electrons. The molecule has 0 saturated carbocycles. The lowest BCUT2D eigenvalue weighted by Crippen LogP contribution is -2.00. The Balaban J connectivity index is 1.21. The molecule has 9 rings (SSSR count). The van der Waals surface area contributed by atoms with Gasteiger partial charge in [-0.15, -0.1) is 0 Å². The zero-order valence-electron chi connectivity index (χ0n) is 28.1. The van der Waals surface area contributed by atoms with Gasteiger partial charge in [0.2, 0.25) is 0 Å². The predicted octanol–water partition coefficient (Wildman–Crippen LogP) is 12.1. The second-order valence-corrected chi connectivity index (χ2v) is 12.7. The lowest BCUT2D eigenvalue weighted by Gasteiger charge is -2.19. The maximum Gasteiger partial charge on any atom is 0.164 e. The largest absolute Gasteiger partial charge is 0.208 e. The van der Waals surface area contributed by atoms with Crippen LogP contribution >= 0.6 is 0 Å². The first-order valence-electron chi connectivity index (χ1n) is 17.3. The van der Waals surface area contributed by atoms with Gasteiger partial charge in [0.15, 0.2) is 17.5 Å². The van der Waals surface area contributed by atoms with Crippen molar-refractivity contribution in [3.8, 4) is 73.6 Å². The summed E-state index contributed by atoms with van der Waals surface area (Å²) in [6, 6.07) is 64.7. The highest BCUT2D eigenvalue weighted by Crippen LogP contribution is 2.45. The van der Waals surface area contributed by atoms with E-state index in [4.69, 9.17) is 15.0 Å². The van der Waals surface area contributed by atoms with Crippen molar-refractivity contribution in [1.82, 2.24) is 15.0 Å². The Kier molecular flexibility index (Phi) is 7.85. The van der Waals surface area contributed by atoms with E-state index in [0.717, 1.165) is 60.8 Å². The molecule has 0 radical (unpaired) electrons. The molecule has 0 atom stereocenters. The number of fused-ring (bicyclic) bond motifs is 3. The van der Waals surface area contributed by atoms with Crippen molar-refractivity contribution in [2.45, 2.75) is 0 Å². The molecular weight excluding hydrogens is 633 g/mol. The van der Waals surface area contributed by atoms with Gasteiger partial charge in [-0.3, -0.25) is 0 Å². The molecule has 8 aromatic carbocycles. The van der Waals surface area contributed by atoms with E-state index in [-0.39, 0.29) is 0 Å². The quantitative estimate of drug-likeness (QED) is 0.166. The standard InChI is InChI=1S/C48H30N4/c49-31-32-13-12-20-39(29-32)45-42-22-11-10-21-40(42)41-28-27-38(30-43(41)44(45)34-14-4-1-5-15-34)33-23-25-37(26-24-33)48-51-46(35-16-6-2-7-17-35)50-47(52-48)36-18-8-3-9-19-36/h1-30H. The maximum absolute atomic E-state index is 9.81. The molecule has 0 spiro atoms. The number of nitriles is 1. The van der Waals surface area contributed by atoms with Gasteiger partial charge in [0.05, 0.1) is 11.6 Å². The van der Waals surface area contributed by atoms with Gasteiger partial charge in [-0.2, -0.15) is 5.26 Å². The Morgan fingerprint density at radius 1 is 0.308 bits per heavy atom. The maximum atomic E-state index is 9.81. The summed E-state index contributed by atoms with van der Waals surface area (Å²) in [6.45, 7) is 0. The number of benzene rings is 8. The van der Waals surface area contributed by atoms with Crippen LogP contribution in [0.4, 0.5) is 0 Å². The number of hydrogen-bond donors (Lipinski definition) is 0. The minimum atomic E-state index is 0.625. The highest BCUT2D eigenvalue weighted by molar-refractivity contribution is 6.22. The topological polar surface area (TPSA) is 62.5 Å². The van der Waals surface area contributed by atoms with Crippen LogP contribution in [0.15, 0.2) is 182 Å². The predicted molar refractivity (Wildman–Crippen MR) is 212 cm³/mol. The molecule has 0 unspecified atom stereocenters. The van der Waals surface area contributed by atoms with Gasteiger partial charge in [0.25, 0.3) is 0 Å². The summed E-state index contributed by atoms with van der Waals surface area (Å²) < 4.78 is 0. The molecular formula is C48H30N4. The Morgan fingerprint density at radius 2 is 0.750 bits per heavy atom. The Bertz CT molecular complexity index is 2710. The molecule has 1 aromatic heterocycles. The average Bonchev–Trinajstić information content (AvgIpc) is 3.24. The Hall–Kier alpha value is -7.22. The average molecular weight is 663 g/mol. The van der Waals surface area contributed by atoms with Crippen molar-refractivity contribution in [1.29, 1.82) is 5.26 Å². The van der Waals surface area contributed by atoms with Crippen LogP contribution in [-0.2, 0) is 0 Å². The van der Waals surface area contributed by atoms with Crippen molar-refractivity contribution in [2.24, 2.45) is 0 Å². The van der Waals surface area contributed by atoms with Gasteiger partial charge < -0.3 is 0 Å². The fourth-order valence-corrected chi connectivity index (χ4v) is 7.07. The number of aromatic nitrogens is 3. The first kappa shape index (κ1) is 30.8. The van der Waals surface area contributed by atoms with E-state index < -0.39 is 0 Å². The molecule has 0 saturated heterocycles. The van der Waals surface area contributed by atoms with E-state index in [2.05, 4.69) is 103 Å². The van der Waals surface area contributed by atoms with Crippen LogP contribution in [0.2, 0.25) is 0 Å². The van der Waals surface area contributed by atoms with Crippen LogP contribution in [0.1, 0.15) is 5.56 Å². The number of nitrogens with zero attached hydrogens (tertiary/aromatic N) is 4. The summed E-state index contributed by atoms with van der Waals surface area (Å²) in [5.74, 6) is 1.90. The summed E-state index contributed by atoms with van der Waals surface area (Å²) in [5.41, 5.74) is 10.0. The van der Waals surface area contributed by atoms with Crippen LogP contribution in [0.3, 0.4) is 0 Å². The van der Waals surface area contributed by atoms with Crippen molar-refractivity contribution in [3.63, 3.8) is 0 Å². The third kappa shape index (κ3) is 5.67. The molecule has 0 bridgehead atoms. The SMILES string of the molecule is N#Cc1cccc(-c2c(-c3ccccc3)c3cc(-c4ccc(-c5nc(-c6ccccc6)nc(-c6ccccc6)n5)cc4)ccc3c3ccccc23)c1. The van der Waals surface area contributed by atoms with Gasteiger partial charge in [0, 0.05) is 16.7 Å². The molecule has 4 heteroatoms. The first-order chi connectivity index (χ1) is 25.7. The van der Waals surface area contributed by atoms with E-state index in [1.54, 1.807) is 0 Å². The van der Waals surface area contributed by atoms with E-state index in [9.17, 15) is 5.26 Å². The number of rotatable bonds is 6. The minimum Gasteiger partial charge on any atom is -0.208 e. The van der Waals surface area contributed by atoms with Crippen molar-refractivity contribution in [2.75, 3.05) is 0 Å². The van der Waals surface area contributed by atoms with Gasteiger partial charge in [-0.05, 0) is 73.1 Å². The van der Waals surface area contributed by atoms with Crippen LogP contribution in [-0.4, -0.2) is 15.0 Å². The molecule has 4 nitrogen and oxygen atoms in total. The smallest absolute Gasteiger partial charge is 0.164 e. The minimum absolute atomic E-state index is 0.625. The van der Waals surface area contributed by atoms with E-state index in [0.29, 0.717) is 23.0 Å². The third-order valence-electron chi connectivity index (χ3n) is 9.54. The lowest BCUT2D eigenvalue weighted by molar-refractivity contribution is 1.07. The Morgan fingerprint density at radius 3 is 1.35 bits per heavy atom. The van der Waals surface area contributed by atoms with E-state index in [1.165, 1.54) is 10.8 Å². The van der Waals surface area contributed by atoms with Gasteiger partial charge in [0.1, 0.15) is 0 Å². The van der Waals surface area contributed by atoms with Crippen LogP contribution < -0.4 is 0 Å². The summed E-state index contributed by atoms with van der Waals surface area (Å²) >= 11 is 0. The van der Waals surface area contributed by atoms with Crippen molar-refractivity contribution in [3.05, 3.63) is 188 Å². The summed E-state index contributed by atoms with van der Waals surface area (Å²) in [4.78, 5) is 14.7. The molecule has 9 aromatic rings. The molecule has 0 N–H and O–H groups in total. The molecule has 52 heavy (non-hydrogen) atoms. The molecule has 0 fully saturated rings.